The molecule has 0 radical (unpaired) electrons. The molecule has 0 saturated carbocycles. The molecule has 1 fully saturated rings. The van der Waals surface area contributed by atoms with Gasteiger partial charge < -0.3 is 14.4 Å². The van der Waals surface area contributed by atoms with E-state index in [9.17, 15) is 9.59 Å². The lowest BCUT2D eigenvalue weighted by molar-refractivity contribution is 0.0204. The fourth-order valence-corrected chi connectivity index (χ4v) is 6.09. The Balaban J connectivity index is 1.86. The molecule has 9 heteroatoms. The van der Waals surface area contributed by atoms with Gasteiger partial charge in [-0.15, -0.1) is 0 Å². The SMILES string of the molecule is CC(C)c1c(Br)n(C(=O)OC(C)(C)C)c2sc(C3CCN(C(=O)OC(C)(C)C)CC3)nc12. The van der Waals surface area contributed by atoms with Crippen molar-refractivity contribution in [3.05, 3.63) is 15.2 Å². The number of thiazole rings is 1. The number of rotatable bonds is 2. The molecule has 3 rings (SSSR count). The largest absolute Gasteiger partial charge is 0.444 e. The van der Waals surface area contributed by atoms with Crippen LogP contribution in [0.15, 0.2) is 4.60 Å². The Morgan fingerprint density at radius 2 is 1.56 bits per heavy atom. The first-order valence-corrected chi connectivity index (χ1v) is 12.7. The zero-order valence-electron chi connectivity index (χ0n) is 20.2. The lowest BCUT2D eigenvalue weighted by Gasteiger charge is -2.32. The van der Waals surface area contributed by atoms with Crippen LogP contribution in [0.4, 0.5) is 9.59 Å². The molecule has 1 aliphatic heterocycles. The third kappa shape index (κ3) is 5.47. The molecule has 0 atom stereocenters. The minimum Gasteiger partial charge on any atom is -0.444 e. The highest BCUT2D eigenvalue weighted by atomic mass is 79.9. The number of carbonyl (C=O) groups is 2. The van der Waals surface area contributed by atoms with Crippen molar-refractivity contribution >= 4 is 49.8 Å². The van der Waals surface area contributed by atoms with Gasteiger partial charge in [0.05, 0.1) is 5.01 Å². The van der Waals surface area contributed by atoms with Gasteiger partial charge in [0.1, 0.15) is 26.2 Å². The number of aromatic nitrogens is 2. The van der Waals surface area contributed by atoms with E-state index in [2.05, 4.69) is 29.8 Å². The number of piperidine rings is 1. The first kappa shape index (κ1) is 25.0. The molecule has 0 aliphatic carbocycles. The summed E-state index contributed by atoms with van der Waals surface area (Å²) >= 11 is 5.16. The van der Waals surface area contributed by atoms with E-state index in [1.165, 1.54) is 0 Å². The average molecular weight is 529 g/mol. The number of amides is 1. The lowest BCUT2D eigenvalue weighted by Crippen LogP contribution is -2.41. The number of hydrogen-bond acceptors (Lipinski definition) is 6. The number of nitrogens with zero attached hydrogens (tertiary/aromatic N) is 3. The summed E-state index contributed by atoms with van der Waals surface area (Å²) in [5.41, 5.74) is 0.779. The van der Waals surface area contributed by atoms with Crippen molar-refractivity contribution in [2.45, 2.75) is 91.3 Å². The van der Waals surface area contributed by atoms with Gasteiger partial charge in [-0.05, 0) is 76.2 Å². The Labute approximate surface area is 202 Å². The van der Waals surface area contributed by atoms with Crippen molar-refractivity contribution in [1.82, 2.24) is 14.5 Å². The number of fused-ring (bicyclic) bond motifs is 1. The smallest absolute Gasteiger partial charge is 0.420 e. The van der Waals surface area contributed by atoms with Crippen molar-refractivity contribution in [1.29, 1.82) is 0 Å². The molecule has 0 unspecified atom stereocenters. The summed E-state index contributed by atoms with van der Waals surface area (Å²) in [7, 11) is 0. The van der Waals surface area contributed by atoms with Gasteiger partial charge in [0.25, 0.3) is 0 Å². The van der Waals surface area contributed by atoms with Gasteiger partial charge in [-0.25, -0.2) is 19.1 Å². The second-order valence-electron chi connectivity index (χ2n) is 10.6. The summed E-state index contributed by atoms with van der Waals surface area (Å²) in [6.07, 6.45) is 0.971. The normalized spacial score (nSPS) is 16.1. The number of halogens is 1. The predicted molar refractivity (Wildman–Crippen MR) is 131 cm³/mol. The molecule has 7 nitrogen and oxygen atoms in total. The van der Waals surface area contributed by atoms with Crippen LogP contribution in [0.3, 0.4) is 0 Å². The maximum atomic E-state index is 13.0. The van der Waals surface area contributed by atoms with E-state index in [0.717, 1.165) is 33.8 Å². The van der Waals surface area contributed by atoms with Gasteiger partial charge >= 0.3 is 12.2 Å². The van der Waals surface area contributed by atoms with Crippen LogP contribution >= 0.6 is 27.3 Å². The third-order valence-corrected chi connectivity index (χ3v) is 7.14. The van der Waals surface area contributed by atoms with Gasteiger partial charge in [-0.2, -0.15) is 0 Å². The highest BCUT2D eigenvalue weighted by molar-refractivity contribution is 9.10. The Morgan fingerprint density at radius 1 is 1.03 bits per heavy atom. The monoisotopic (exact) mass is 527 g/mol. The van der Waals surface area contributed by atoms with E-state index in [-0.39, 0.29) is 17.9 Å². The van der Waals surface area contributed by atoms with E-state index in [4.69, 9.17) is 14.5 Å². The summed E-state index contributed by atoms with van der Waals surface area (Å²) in [6.45, 7) is 16.7. The Hall–Kier alpha value is -1.61. The number of likely N-dealkylation sites (tertiary alicyclic amines) is 1. The highest BCUT2D eigenvalue weighted by Gasteiger charge is 2.32. The van der Waals surface area contributed by atoms with E-state index in [1.807, 2.05) is 41.5 Å². The Kier molecular flexibility index (Phi) is 7.01. The molecule has 32 heavy (non-hydrogen) atoms. The number of hydrogen-bond donors (Lipinski definition) is 0. The summed E-state index contributed by atoms with van der Waals surface area (Å²) in [6, 6.07) is 0. The van der Waals surface area contributed by atoms with Gasteiger partial charge in [0, 0.05) is 24.6 Å². The maximum Gasteiger partial charge on any atom is 0.420 e. The van der Waals surface area contributed by atoms with Crippen molar-refractivity contribution in [2.75, 3.05) is 13.1 Å². The molecule has 0 aromatic carbocycles. The molecule has 0 bridgehead atoms. The molecule has 0 N–H and O–H groups in total. The maximum absolute atomic E-state index is 13.0. The summed E-state index contributed by atoms with van der Waals surface area (Å²) in [4.78, 5) is 32.9. The van der Waals surface area contributed by atoms with E-state index in [0.29, 0.717) is 17.7 Å². The predicted octanol–water partition coefficient (Wildman–Crippen LogP) is 6.88. The quantitative estimate of drug-likeness (QED) is 0.425. The third-order valence-electron chi connectivity index (χ3n) is 5.15. The average Bonchev–Trinajstić information content (AvgIpc) is 3.14. The van der Waals surface area contributed by atoms with Crippen LogP contribution in [-0.4, -0.2) is 50.9 Å². The van der Waals surface area contributed by atoms with Crippen LogP contribution in [0.1, 0.15) is 90.6 Å². The molecule has 0 spiro atoms. The molecule has 3 heterocycles. The van der Waals surface area contributed by atoms with Crippen molar-refractivity contribution in [2.24, 2.45) is 0 Å². The first-order chi connectivity index (χ1) is 14.7. The summed E-state index contributed by atoms with van der Waals surface area (Å²) in [5.74, 6) is 0.441. The van der Waals surface area contributed by atoms with Crippen molar-refractivity contribution in [3.63, 3.8) is 0 Å². The first-order valence-electron chi connectivity index (χ1n) is 11.1. The van der Waals surface area contributed by atoms with Crippen LogP contribution < -0.4 is 0 Å². The molecule has 178 valence electrons. The van der Waals surface area contributed by atoms with Crippen LogP contribution in [0, 0.1) is 0 Å². The molecule has 1 saturated heterocycles. The topological polar surface area (TPSA) is 73.7 Å². The van der Waals surface area contributed by atoms with Crippen LogP contribution in [0.2, 0.25) is 0 Å². The number of carbonyl (C=O) groups excluding carboxylic acids is 2. The fraction of sp³-hybridized carbons (Fsp3) is 0.696. The van der Waals surface area contributed by atoms with Crippen LogP contribution in [0.25, 0.3) is 10.3 Å². The molecule has 1 aliphatic rings. The van der Waals surface area contributed by atoms with Crippen LogP contribution in [0.5, 0.6) is 0 Å². The molecular weight excluding hydrogens is 494 g/mol. The highest BCUT2D eigenvalue weighted by Crippen LogP contribution is 2.41. The summed E-state index contributed by atoms with van der Waals surface area (Å²) < 4.78 is 13.5. The lowest BCUT2D eigenvalue weighted by atomic mass is 9.98. The molecule has 2 aromatic heterocycles. The standard InChI is InChI=1S/C23H34BrN3O4S/c1-13(2)15-16-19(27(17(15)24)21(29)31-23(6,7)8)32-18(25-16)14-9-11-26(12-10-14)20(28)30-22(3,4)5/h13-14H,9-12H2,1-8H3. The Bertz CT molecular complexity index is 1010. The molecule has 2 aromatic rings. The second-order valence-corrected chi connectivity index (χ2v) is 12.4. The zero-order valence-corrected chi connectivity index (χ0v) is 22.6. The van der Waals surface area contributed by atoms with Crippen molar-refractivity contribution in [3.8, 4) is 0 Å². The van der Waals surface area contributed by atoms with Gasteiger partial charge in [-0.1, -0.05) is 25.2 Å². The Morgan fingerprint density at radius 3 is 2.06 bits per heavy atom. The van der Waals surface area contributed by atoms with Gasteiger partial charge in [-0.3, -0.25) is 0 Å². The van der Waals surface area contributed by atoms with E-state index < -0.39 is 17.3 Å². The van der Waals surface area contributed by atoms with Gasteiger partial charge in [0.2, 0.25) is 0 Å². The second kappa shape index (κ2) is 8.97. The minimum absolute atomic E-state index is 0.194. The minimum atomic E-state index is -0.590. The number of ether oxygens (including phenoxy) is 2. The van der Waals surface area contributed by atoms with Gasteiger partial charge in [0.15, 0.2) is 0 Å². The zero-order chi connectivity index (χ0) is 24.0. The van der Waals surface area contributed by atoms with Crippen LogP contribution in [-0.2, 0) is 9.47 Å². The van der Waals surface area contributed by atoms with Crippen molar-refractivity contribution < 1.29 is 19.1 Å². The fourth-order valence-electron chi connectivity index (χ4n) is 3.75. The molecule has 1 amide bonds. The summed E-state index contributed by atoms with van der Waals surface area (Å²) in [5, 5.41) is 1.01. The van der Waals surface area contributed by atoms with E-state index in [1.54, 1.807) is 20.8 Å². The molecular formula is C23H34BrN3O4S. The van der Waals surface area contributed by atoms with E-state index >= 15 is 0 Å².